The monoisotopic (exact) mass is 376 g/mol. The molecule has 2 aromatic rings. The molecule has 0 aliphatic carbocycles. The van der Waals surface area contributed by atoms with E-state index in [1.165, 1.54) is 6.26 Å². The number of rotatable bonds is 3. The largest absolute Gasteiger partial charge is 0.459 e. The molecule has 120 valence electrons. The van der Waals surface area contributed by atoms with E-state index in [4.69, 9.17) is 4.42 Å². The van der Waals surface area contributed by atoms with E-state index >= 15 is 0 Å². The van der Waals surface area contributed by atoms with Gasteiger partial charge in [0.2, 0.25) is 0 Å². The summed E-state index contributed by atoms with van der Waals surface area (Å²) >= 11 is 3.42. The number of likely N-dealkylation sites (tertiary alicyclic amines) is 1. The van der Waals surface area contributed by atoms with E-state index in [0.29, 0.717) is 24.4 Å². The second-order valence-electron chi connectivity index (χ2n) is 5.50. The third-order valence-electron chi connectivity index (χ3n) is 3.97. The van der Waals surface area contributed by atoms with Gasteiger partial charge < -0.3 is 14.6 Å². The Kier molecular flexibility index (Phi) is 4.81. The van der Waals surface area contributed by atoms with Crippen molar-refractivity contribution >= 4 is 27.7 Å². The quantitative estimate of drug-likeness (QED) is 0.894. The molecule has 0 atom stereocenters. The number of benzene rings is 1. The molecule has 1 aromatic heterocycles. The average molecular weight is 377 g/mol. The highest BCUT2D eigenvalue weighted by Gasteiger charge is 2.26. The molecule has 0 unspecified atom stereocenters. The molecule has 0 radical (unpaired) electrons. The van der Waals surface area contributed by atoms with Crippen LogP contribution in [0.1, 0.15) is 33.8 Å². The number of carbonyl (C=O) groups is 2. The molecule has 1 fully saturated rings. The summed E-state index contributed by atoms with van der Waals surface area (Å²) in [5.74, 6) is 0.135. The molecule has 1 N–H and O–H groups in total. The predicted octanol–water partition coefficient (Wildman–Crippen LogP) is 3.08. The van der Waals surface area contributed by atoms with Gasteiger partial charge in [0.05, 0.1) is 11.8 Å². The van der Waals surface area contributed by atoms with Crippen LogP contribution in [-0.4, -0.2) is 35.8 Å². The lowest BCUT2D eigenvalue weighted by molar-refractivity contribution is 0.0695. The van der Waals surface area contributed by atoms with E-state index in [9.17, 15) is 9.59 Å². The Labute approximate surface area is 142 Å². The molecule has 23 heavy (non-hydrogen) atoms. The molecular weight excluding hydrogens is 360 g/mol. The van der Waals surface area contributed by atoms with Gasteiger partial charge in [-0.25, -0.2) is 0 Å². The summed E-state index contributed by atoms with van der Waals surface area (Å²) in [7, 11) is 0. The van der Waals surface area contributed by atoms with E-state index in [2.05, 4.69) is 21.2 Å². The number of halogens is 1. The Bertz CT molecular complexity index is 692. The van der Waals surface area contributed by atoms with Crippen molar-refractivity contribution < 1.29 is 14.0 Å². The van der Waals surface area contributed by atoms with Crippen molar-refractivity contribution in [3.8, 4) is 0 Å². The van der Waals surface area contributed by atoms with E-state index in [1.807, 2.05) is 29.2 Å². The van der Waals surface area contributed by atoms with Crippen LogP contribution in [-0.2, 0) is 0 Å². The van der Waals surface area contributed by atoms with Crippen molar-refractivity contribution in [2.75, 3.05) is 13.1 Å². The van der Waals surface area contributed by atoms with Gasteiger partial charge in [-0.05, 0) is 53.0 Å². The zero-order valence-electron chi connectivity index (χ0n) is 12.5. The third-order valence-corrected chi connectivity index (χ3v) is 4.66. The normalized spacial score (nSPS) is 15.4. The number of hydrogen-bond acceptors (Lipinski definition) is 3. The van der Waals surface area contributed by atoms with Gasteiger partial charge in [0, 0.05) is 23.6 Å². The molecular formula is C17H17BrN2O3. The first-order chi connectivity index (χ1) is 11.1. The molecule has 1 aliphatic heterocycles. The lowest BCUT2D eigenvalue weighted by atomic mass is 10.0. The zero-order valence-corrected chi connectivity index (χ0v) is 14.1. The van der Waals surface area contributed by atoms with Gasteiger partial charge in [0.1, 0.15) is 0 Å². The summed E-state index contributed by atoms with van der Waals surface area (Å²) in [4.78, 5) is 26.3. The molecule has 2 heterocycles. The molecule has 2 amide bonds. The minimum atomic E-state index is -0.203. The Hall–Kier alpha value is -2.08. The maximum atomic E-state index is 12.5. The van der Waals surface area contributed by atoms with Crippen LogP contribution in [0.25, 0.3) is 0 Å². The molecule has 1 aromatic carbocycles. The third kappa shape index (κ3) is 3.64. The second-order valence-corrected chi connectivity index (χ2v) is 6.35. The highest BCUT2D eigenvalue weighted by Crippen LogP contribution is 2.20. The zero-order chi connectivity index (χ0) is 16.2. The summed E-state index contributed by atoms with van der Waals surface area (Å²) < 4.78 is 5.89. The van der Waals surface area contributed by atoms with E-state index in [0.717, 1.165) is 17.3 Å². The number of piperidine rings is 1. The summed E-state index contributed by atoms with van der Waals surface area (Å²) in [5.41, 5.74) is 0.672. The number of hydrogen-bond donors (Lipinski definition) is 1. The maximum Gasteiger partial charge on any atom is 0.287 e. The summed E-state index contributed by atoms with van der Waals surface area (Å²) in [6, 6.07) is 10.8. The molecule has 5 nitrogen and oxygen atoms in total. The fraction of sp³-hybridized carbons (Fsp3) is 0.294. The smallest absolute Gasteiger partial charge is 0.287 e. The summed E-state index contributed by atoms with van der Waals surface area (Å²) in [6.45, 7) is 1.26. The molecule has 0 saturated carbocycles. The molecule has 1 aliphatic rings. The number of nitrogens with zero attached hydrogens (tertiary/aromatic N) is 1. The van der Waals surface area contributed by atoms with E-state index in [1.54, 1.807) is 12.1 Å². The number of furan rings is 1. The van der Waals surface area contributed by atoms with E-state index in [-0.39, 0.29) is 17.9 Å². The van der Waals surface area contributed by atoms with Gasteiger partial charge in [-0.2, -0.15) is 0 Å². The van der Waals surface area contributed by atoms with Crippen LogP contribution in [0.2, 0.25) is 0 Å². The number of nitrogens with one attached hydrogen (secondary N) is 1. The molecule has 6 heteroatoms. The average Bonchev–Trinajstić information content (AvgIpc) is 3.10. The van der Waals surface area contributed by atoms with Crippen molar-refractivity contribution in [1.29, 1.82) is 0 Å². The number of carbonyl (C=O) groups excluding carboxylic acids is 2. The van der Waals surface area contributed by atoms with Crippen LogP contribution in [0.3, 0.4) is 0 Å². The highest BCUT2D eigenvalue weighted by molar-refractivity contribution is 9.10. The summed E-state index contributed by atoms with van der Waals surface area (Å²) in [5, 5.41) is 2.95. The van der Waals surface area contributed by atoms with Crippen molar-refractivity contribution in [2.24, 2.45) is 0 Å². The molecule has 3 rings (SSSR count). The lowest BCUT2D eigenvalue weighted by Gasteiger charge is -2.32. The Morgan fingerprint density at radius 1 is 1.13 bits per heavy atom. The van der Waals surface area contributed by atoms with Gasteiger partial charge in [-0.1, -0.05) is 12.1 Å². The van der Waals surface area contributed by atoms with Crippen LogP contribution in [0.5, 0.6) is 0 Å². The first-order valence-electron chi connectivity index (χ1n) is 7.53. The maximum absolute atomic E-state index is 12.5. The van der Waals surface area contributed by atoms with Crippen molar-refractivity contribution in [3.63, 3.8) is 0 Å². The minimum Gasteiger partial charge on any atom is -0.459 e. The van der Waals surface area contributed by atoms with E-state index < -0.39 is 0 Å². The highest BCUT2D eigenvalue weighted by atomic mass is 79.9. The van der Waals surface area contributed by atoms with Gasteiger partial charge in [0.15, 0.2) is 5.76 Å². The molecule has 1 saturated heterocycles. The Morgan fingerprint density at radius 3 is 2.52 bits per heavy atom. The lowest BCUT2D eigenvalue weighted by Crippen LogP contribution is -2.46. The van der Waals surface area contributed by atoms with Crippen molar-refractivity contribution in [1.82, 2.24) is 10.2 Å². The van der Waals surface area contributed by atoms with Crippen molar-refractivity contribution in [2.45, 2.75) is 18.9 Å². The van der Waals surface area contributed by atoms with Gasteiger partial charge in [0.25, 0.3) is 11.8 Å². The Morgan fingerprint density at radius 2 is 1.87 bits per heavy atom. The fourth-order valence-electron chi connectivity index (χ4n) is 2.70. The second kappa shape index (κ2) is 7.00. The standard InChI is InChI=1S/C17H17BrN2O3/c18-14-5-2-1-4-13(14)17(22)20-9-7-12(8-10-20)19-16(21)15-6-3-11-23-15/h1-6,11-12H,7-10H2,(H,19,21). The minimum absolute atomic E-state index is 0.0216. The van der Waals surface area contributed by atoms with Gasteiger partial charge in [-0.15, -0.1) is 0 Å². The first kappa shape index (κ1) is 15.8. The molecule has 0 bridgehead atoms. The topological polar surface area (TPSA) is 62.6 Å². The Balaban J connectivity index is 1.55. The predicted molar refractivity (Wildman–Crippen MR) is 89.2 cm³/mol. The van der Waals surface area contributed by atoms with Crippen LogP contribution >= 0.6 is 15.9 Å². The van der Waals surface area contributed by atoms with Gasteiger partial charge in [-0.3, -0.25) is 9.59 Å². The fourth-order valence-corrected chi connectivity index (χ4v) is 3.15. The van der Waals surface area contributed by atoms with Crippen LogP contribution in [0.4, 0.5) is 0 Å². The summed E-state index contributed by atoms with van der Waals surface area (Å²) in [6.07, 6.45) is 2.96. The SMILES string of the molecule is O=C(NC1CCN(C(=O)c2ccccc2Br)CC1)c1ccco1. The molecule has 0 spiro atoms. The van der Waals surface area contributed by atoms with Gasteiger partial charge >= 0.3 is 0 Å². The first-order valence-corrected chi connectivity index (χ1v) is 8.32. The van der Waals surface area contributed by atoms with Crippen molar-refractivity contribution in [3.05, 3.63) is 58.5 Å². The number of amides is 2. The van der Waals surface area contributed by atoms with Crippen LogP contribution in [0.15, 0.2) is 51.6 Å². The van der Waals surface area contributed by atoms with Crippen LogP contribution < -0.4 is 5.32 Å². The van der Waals surface area contributed by atoms with Crippen LogP contribution in [0, 0.1) is 0 Å².